The maximum Gasteiger partial charge on any atom is 0.220 e. The number of amides is 1. The highest BCUT2D eigenvalue weighted by molar-refractivity contribution is 5.85. The Morgan fingerprint density at radius 3 is 2.07 bits per heavy atom. The number of hydrogen-bond donors (Lipinski definition) is 2. The first-order chi connectivity index (χ1) is 26.8. The number of ether oxygens (including phenoxy) is 2. The number of nitrogens with one attached hydrogen (secondary N) is 2. The molecule has 4 aromatic rings. The number of aryl methyl sites for hydroxylation is 1. The van der Waals surface area contributed by atoms with Crippen LogP contribution in [-0.4, -0.2) is 57.8 Å². The van der Waals surface area contributed by atoms with E-state index < -0.39 is 0 Å². The third-order valence-corrected chi connectivity index (χ3v) is 11.5. The van der Waals surface area contributed by atoms with E-state index in [4.69, 9.17) is 9.47 Å². The molecule has 1 aliphatic rings. The van der Waals surface area contributed by atoms with Crippen LogP contribution in [0.2, 0.25) is 0 Å². The molecule has 9 heteroatoms. The third kappa shape index (κ3) is 14.0. The molecule has 1 unspecified atom stereocenters. The number of halogens is 3. The largest absolute Gasteiger partial charge is 0.493 e. The van der Waals surface area contributed by atoms with Gasteiger partial charge in [0.1, 0.15) is 5.82 Å². The Morgan fingerprint density at radius 1 is 0.807 bits per heavy atom. The van der Waals surface area contributed by atoms with Crippen molar-refractivity contribution in [2.75, 3.05) is 46.9 Å². The van der Waals surface area contributed by atoms with E-state index in [0.717, 1.165) is 94.1 Å². The van der Waals surface area contributed by atoms with E-state index in [1.165, 1.54) is 47.2 Å². The summed E-state index contributed by atoms with van der Waals surface area (Å²) in [4.78, 5) is 15.6. The maximum absolute atomic E-state index is 13.3. The number of unbranched alkanes of at least 4 members (excludes halogenated alkanes) is 1. The molecule has 1 heterocycles. The molecular formula is C48H66Cl2FN3O3. The van der Waals surface area contributed by atoms with Gasteiger partial charge in [0, 0.05) is 31.0 Å². The van der Waals surface area contributed by atoms with Crippen LogP contribution in [0, 0.1) is 11.7 Å². The van der Waals surface area contributed by atoms with Crippen molar-refractivity contribution >= 4 is 30.7 Å². The normalized spacial score (nSPS) is 14.0. The molecule has 0 saturated carbocycles. The lowest BCUT2D eigenvalue weighted by Gasteiger charge is -2.40. The molecule has 2 N–H and O–H groups in total. The first-order valence-electron chi connectivity index (χ1n) is 20.6. The van der Waals surface area contributed by atoms with Gasteiger partial charge in [-0.25, -0.2) is 4.39 Å². The van der Waals surface area contributed by atoms with Gasteiger partial charge in [-0.15, -0.1) is 24.8 Å². The van der Waals surface area contributed by atoms with Gasteiger partial charge in [-0.3, -0.25) is 9.69 Å². The first-order valence-corrected chi connectivity index (χ1v) is 20.6. The molecule has 1 aliphatic heterocycles. The van der Waals surface area contributed by atoms with Gasteiger partial charge >= 0.3 is 0 Å². The minimum Gasteiger partial charge on any atom is -0.493 e. The van der Waals surface area contributed by atoms with Gasteiger partial charge in [-0.2, -0.15) is 0 Å². The Balaban J connectivity index is 0.00000435. The predicted octanol–water partition coefficient (Wildman–Crippen LogP) is 10.7. The molecule has 5 rings (SSSR count). The van der Waals surface area contributed by atoms with Crippen LogP contribution in [0.15, 0.2) is 97.1 Å². The van der Waals surface area contributed by atoms with E-state index in [0.29, 0.717) is 25.4 Å². The predicted molar refractivity (Wildman–Crippen MR) is 238 cm³/mol. The molecule has 0 spiro atoms. The van der Waals surface area contributed by atoms with Crippen molar-refractivity contribution in [2.45, 2.75) is 95.9 Å². The fourth-order valence-electron chi connectivity index (χ4n) is 8.37. The Labute approximate surface area is 354 Å². The molecule has 6 nitrogen and oxygen atoms in total. The Bertz CT molecular complexity index is 1690. The van der Waals surface area contributed by atoms with Gasteiger partial charge in [0.15, 0.2) is 11.5 Å². The zero-order chi connectivity index (χ0) is 38.9. The van der Waals surface area contributed by atoms with E-state index in [-0.39, 0.29) is 42.0 Å². The average Bonchev–Trinajstić information content (AvgIpc) is 3.21. The number of carbonyl (C=O) groups is 1. The quantitative estimate of drug-likeness (QED) is 0.0730. The van der Waals surface area contributed by atoms with Crippen LogP contribution < -0.4 is 20.1 Å². The van der Waals surface area contributed by atoms with Crippen LogP contribution in [0.5, 0.6) is 11.5 Å². The van der Waals surface area contributed by atoms with E-state index in [2.05, 4.69) is 102 Å². The second-order valence-corrected chi connectivity index (χ2v) is 15.6. The number of carbonyl (C=O) groups excluding carboxylic acids is 1. The summed E-state index contributed by atoms with van der Waals surface area (Å²) in [5.74, 6) is 2.11. The Hall–Kier alpha value is -3.62. The van der Waals surface area contributed by atoms with Gasteiger partial charge < -0.3 is 20.1 Å². The number of hydrogen-bond acceptors (Lipinski definition) is 5. The van der Waals surface area contributed by atoms with Crippen molar-refractivity contribution in [2.24, 2.45) is 5.92 Å². The number of benzene rings is 4. The van der Waals surface area contributed by atoms with Gasteiger partial charge in [0.05, 0.1) is 14.2 Å². The number of methoxy groups -OCH3 is 2. The lowest BCUT2D eigenvalue weighted by Crippen LogP contribution is -2.37. The maximum atomic E-state index is 13.3. The van der Waals surface area contributed by atoms with Crippen molar-refractivity contribution in [1.29, 1.82) is 0 Å². The minimum absolute atomic E-state index is 0. The molecule has 0 bridgehead atoms. The van der Waals surface area contributed by atoms with Gasteiger partial charge in [-0.1, -0.05) is 93.1 Å². The summed E-state index contributed by atoms with van der Waals surface area (Å²) < 4.78 is 24.9. The van der Waals surface area contributed by atoms with E-state index in [1.807, 2.05) is 0 Å². The Morgan fingerprint density at radius 2 is 1.44 bits per heavy atom. The molecule has 0 saturated heterocycles. The van der Waals surface area contributed by atoms with Crippen LogP contribution >= 0.6 is 24.8 Å². The second-order valence-electron chi connectivity index (χ2n) is 15.6. The van der Waals surface area contributed by atoms with Crippen LogP contribution in [-0.2, 0) is 23.1 Å². The molecule has 4 aromatic carbocycles. The highest BCUT2D eigenvalue weighted by Gasteiger charge is 2.35. The third-order valence-electron chi connectivity index (χ3n) is 11.5. The SMILES string of the molecule is COc1cc2c(cc1OC)C(CCCCNCCC(C)C)N(CCCC(CCCNC(=O)CCc1ccc(F)cc1)(c1ccccc1)c1ccccc1)CC2.Cl.Cl. The van der Waals surface area contributed by atoms with Crippen molar-refractivity contribution in [3.63, 3.8) is 0 Å². The van der Waals surface area contributed by atoms with Crippen LogP contribution in [0.1, 0.15) is 105 Å². The fourth-order valence-corrected chi connectivity index (χ4v) is 8.37. The highest BCUT2D eigenvalue weighted by atomic mass is 35.5. The number of rotatable bonds is 23. The molecule has 312 valence electrons. The monoisotopic (exact) mass is 821 g/mol. The number of fused-ring (bicyclic) bond motifs is 1. The molecule has 0 aliphatic carbocycles. The van der Waals surface area contributed by atoms with Crippen LogP contribution in [0.4, 0.5) is 4.39 Å². The average molecular weight is 823 g/mol. The lowest BCUT2D eigenvalue weighted by atomic mass is 9.68. The fraction of sp³-hybridized carbons (Fsp3) is 0.479. The van der Waals surface area contributed by atoms with Crippen LogP contribution in [0.25, 0.3) is 0 Å². The van der Waals surface area contributed by atoms with E-state index >= 15 is 0 Å². The summed E-state index contributed by atoms with van der Waals surface area (Å²) >= 11 is 0. The summed E-state index contributed by atoms with van der Waals surface area (Å²) in [6.45, 7) is 9.35. The van der Waals surface area contributed by atoms with Crippen LogP contribution in [0.3, 0.4) is 0 Å². The summed E-state index contributed by atoms with van der Waals surface area (Å²) in [6, 6.07) is 33.1. The standard InChI is InChI=1S/C48H64FN3O3.2ClH/c1-37(2)26-32-50-30-12-11-19-44-43-36-46(55-4)45(54-3)35-39(43)27-34-52(44)33-14-29-48(40-15-7-5-8-16-40,41-17-9-6-10-18-41)28-13-31-51-47(53)25-22-38-20-23-42(49)24-21-38;;/h5-10,15-18,20-21,23-24,35-37,44,50H,11-14,19,22,25-34H2,1-4H3,(H,51,53);2*1H. The lowest BCUT2D eigenvalue weighted by molar-refractivity contribution is -0.121. The minimum atomic E-state index is -0.257. The van der Waals surface area contributed by atoms with E-state index in [1.54, 1.807) is 26.4 Å². The number of nitrogens with zero attached hydrogens (tertiary/aromatic N) is 1. The van der Waals surface area contributed by atoms with Gasteiger partial charge in [0.2, 0.25) is 5.91 Å². The van der Waals surface area contributed by atoms with Crippen molar-refractivity contribution in [1.82, 2.24) is 15.5 Å². The Kier molecular flexibility index (Phi) is 20.9. The van der Waals surface area contributed by atoms with Gasteiger partial charge in [-0.05, 0) is 135 Å². The first kappa shape index (κ1) is 47.8. The zero-order valence-corrected chi connectivity index (χ0v) is 36.2. The topological polar surface area (TPSA) is 62.8 Å². The molecule has 0 fully saturated rings. The summed E-state index contributed by atoms with van der Waals surface area (Å²) in [6.07, 6.45) is 10.5. The van der Waals surface area contributed by atoms with Gasteiger partial charge in [0.25, 0.3) is 0 Å². The molecule has 1 amide bonds. The molecule has 57 heavy (non-hydrogen) atoms. The summed E-state index contributed by atoms with van der Waals surface area (Å²) in [5.41, 5.74) is 6.18. The molecule has 0 radical (unpaired) electrons. The smallest absolute Gasteiger partial charge is 0.220 e. The van der Waals surface area contributed by atoms with Crippen molar-refractivity contribution in [3.8, 4) is 11.5 Å². The van der Waals surface area contributed by atoms with Crippen molar-refractivity contribution in [3.05, 3.63) is 131 Å². The summed E-state index contributed by atoms with van der Waals surface area (Å²) in [5, 5.41) is 6.83. The molecule has 1 atom stereocenters. The summed E-state index contributed by atoms with van der Waals surface area (Å²) in [7, 11) is 3.45. The van der Waals surface area contributed by atoms with Crippen molar-refractivity contribution < 1.29 is 18.7 Å². The highest BCUT2D eigenvalue weighted by Crippen LogP contribution is 2.43. The van der Waals surface area contributed by atoms with E-state index in [9.17, 15) is 9.18 Å². The zero-order valence-electron chi connectivity index (χ0n) is 34.6. The second kappa shape index (κ2) is 25.0. The molecular weight excluding hydrogens is 756 g/mol. The molecule has 0 aromatic heterocycles.